The molecule has 1 aromatic carbocycles. The maximum Gasteiger partial charge on any atom is 0.316 e. The summed E-state index contributed by atoms with van der Waals surface area (Å²) in [6.07, 6.45) is 6.73. The summed E-state index contributed by atoms with van der Waals surface area (Å²) in [6.45, 7) is 1.73. The third kappa shape index (κ3) is 2.79. The molecule has 1 unspecified atom stereocenters. The second-order valence-corrected chi connectivity index (χ2v) is 7.46. The number of rotatable bonds is 3. The van der Waals surface area contributed by atoms with Gasteiger partial charge in [0.05, 0.1) is 12.5 Å². The zero-order valence-electron chi connectivity index (χ0n) is 15.2. The van der Waals surface area contributed by atoms with E-state index in [2.05, 4.69) is 4.98 Å². The van der Waals surface area contributed by atoms with E-state index in [4.69, 9.17) is 9.72 Å². The Morgan fingerprint density at radius 3 is 2.77 bits per heavy atom. The van der Waals surface area contributed by atoms with Gasteiger partial charge in [-0.1, -0.05) is 12.1 Å². The summed E-state index contributed by atoms with van der Waals surface area (Å²) >= 11 is 0. The number of halogens is 1. The van der Waals surface area contributed by atoms with Crippen LogP contribution in [0.3, 0.4) is 0 Å². The fraction of sp³-hybridized carbons (Fsp3) is 0.476. The topological polar surface area (TPSA) is 52.1 Å². The van der Waals surface area contributed by atoms with E-state index in [9.17, 15) is 9.18 Å². The molecule has 0 bridgehead atoms. The second kappa shape index (κ2) is 6.45. The fourth-order valence-electron chi connectivity index (χ4n) is 4.13. The number of aromatic nitrogens is 2. The van der Waals surface area contributed by atoms with Crippen molar-refractivity contribution >= 4 is 5.97 Å². The van der Waals surface area contributed by atoms with Gasteiger partial charge in [0, 0.05) is 17.8 Å². The number of fused-ring (bicyclic) bond motifs is 1. The summed E-state index contributed by atoms with van der Waals surface area (Å²) in [6, 6.07) is 4.96. The highest BCUT2D eigenvalue weighted by Crippen LogP contribution is 2.42. The second-order valence-electron chi connectivity index (χ2n) is 7.46. The molecule has 4 nitrogen and oxygen atoms in total. The number of carbonyl (C=O) groups excluding carboxylic acids is 1. The van der Waals surface area contributed by atoms with Crippen LogP contribution in [0.5, 0.6) is 0 Å². The first kappa shape index (κ1) is 17.1. The first-order valence-electron chi connectivity index (χ1n) is 9.24. The van der Waals surface area contributed by atoms with Crippen molar-refractivity contribution in [3.63, 3.8) is 0 Å². The number of hydrogen-bond acceptors (Lipinski definition) is 4. The van der Waals surface area contributed by atoms with E-state index in [-0.39, 0.29) is 11.8 Å². The van der Waals surface area contributed by atoms with Crippen molar-refractivity contribution in [2.75, 3.05) is 7.11 Å². The first-order valence-corrected chi connectivity index (χ1v) is 9.24. The third-order valence-corrected chi connectivity index (χ3v) is 5.88. The van der Waals surface area contributed by atoms with Crippen molar-refractivity contribution in [2.24, 2.45) is 0 Å². The van der Waals surface area contributed by atoms with Crippen molar-refractivity contribution in [2.45, 2.75) is 56.8 Å². The van der Waals surface area contributed by atoms with Gasteiger partial charge in [-0.15, -0.1) is 0 Å². The van der Waals surface area contributed by atoms with Crippen LogP contribution in [-0.4, -0.2) is 23.0 Å². The molecule has 136 valence electrons. The zero-order chi connectivity index (χ0) is 18.3. The van der Waals surface area contributed by atoms with Gasteiger partial charge >= 0.3 is 5.97 Å². The van der Waals surface area contributed by atoms with Gasteiger partial charge in [0.1, 0.15) is 11.6 Å². The Hall–Kier alpha value is -2.30. The van der Waals surface area contributed by atoms with Gasteiger partial charge < -0.3 is 4.74 Å². The molecule has 4 rings (SSSR count). The monoisotopic (exact) mass is 354 g/mol. The van der Waals surface area contributed by atoms with Crippen molar-refractivity contribution in [1.82, 2.24) is 9.97 Å². The fourth-order valence-corrected chi connectivity index (χ4v) is 4.13. The molecule has 2 aliphatic carbocycles. The van der Waals surface area contributed by atoms with Crippen molar-refractivity contribution in [3.8, 4) is 0 Å². The highest BCUT2D eigenvalue weighted by Gasteiger charge is 2.44. The molecule has 5 heteroatoms. The Labute approximate surface area is 152 Å². The summed E-state index contributed by atoms with van der Waals surface area (Å²) in [5.41, 5.74) is 2.53. The van der Waals surface area contributed by atoms with Crippen LogP contribution in [0.2, 0.25) is 0 Å². The Balaban J connectivity index is 1.74. The molecule has 1 aromatic heterocycles. The largest absolute Gasteiger partial charge is 0.468 e. The van der Waals surface area contributed by atoms with Crippen LogP contribution >= 0.6 is 0 Å². The van der Waals surface area contributed by atoms with Crippen molar-refractivity contribution in [1.29, 1.82) is 0 Å². The minimum Gasteiger partial charge on any atom is -0.468 e. The smallest absolute Gasteiger partial charge is 0.316 e. The van der Waals surface area contributed by atoms with E-state index in [1.807, 2.05) is 12.3 Å². The van der Waals surface area contributed by atoms with Gasteiger partial charge in [-0.2, -0.15) is 0 Å². The number of methoxy groups -OCH3 is 1. The van der Waals surface area contributed by atoms with Crippen LogP contribution in [0.1, 0.15) is 59.8 Å². The minimum absolute atomic E-state index is 0.289. The molecular weight excluding hydrogens is 331 g/mol. The number of hydrogen-bond donors (Lipinski definition) is 0. The lowest BCUT2D eigenvalue weighted by Crippen LogP contribution is -2.38. The zero-order valence-corrected chi connectivity index (χ0v) is 15.2. The van der Waals surface area contributed by atoms with Crippen LogP contribution in [0, 0.1) is 12.7 Å². The number of benzene rings is 1. The standard InChI is InChI=1S/C21H23FN2O2/c1-13-16(4-3-5-17(13)22)21(20(25)26-2)10-8-15-12-23-19(14-6-7-14)24-18(15)9-11-21/h3-5,12,14H,6-11H2,1-2H3. The summed E-state index contributed by atoms with van der Waals surface area (Å²) in [5.74, 6) is 0.841. The molecule has 1 fully saturated rings. The molecule has 0 aliphatic heterocycles. The minimum atomic E-state index is -0.846. The Morgan fingerprint density at radius 2 is 2.04 bits per heavy atom. The summed E-state index contributed by atoms with van der Waals surface area (Å²) in [4.78, 5) is 22.2. The van der Waals surface area contributed by atoms with Gasteiger partial charge in [-0.05, 0) is 68.2 Å². The molecule has 1 saturated carbocycles. The molecule has 1 atom stereocenters. The van der Waals surface area contributed by atoms with E-state index < -0.39 is 5.41 Å². The number of nitrogens with zero attached hydrogens (tertiary/aromatic N) is 2. The molecule has 0 saturated heterocycles. The molecule has 1 heterocycles. The lowest BCUT2D eigenvalue weighted by Gasteiger charge is -2.31. The highest BCUT2D eigenvalue weighted by molar-refractivity contribution is 5.84. The van der Waals surface area contributed by atoms with Crippen LogP contribution < -0.4 is 0 Å². The van der Waals surface area contributed by atoms with Crippen molar-refractivity contribution < 1.29 is 13.9 Å². The van der Waals surface area contributed by atoms with E-state index in [0.29, 0.717) is 37.2 Å². The summed E-state index contributed by atoms with van der Waals surface area (Å²) in [7, 11) is 1.40. The molecule has 0 amide bonds. The third-order valence-electron chi connectivity index (χ3n) is 5.88. The molecule has 26 heavy (non-hydrogen) atoms. The van der Waals surface area contributed by atoms with Gasteiger partial charge in [0.25, 0.3) is 0 Å². The maximum absolute atomic E-state index is 14.2. The molecular formula is C21H23FN2O2. The van der Waals surface area contributed by atoms with E-state index in [0.717, 1.165) is 35.5 Å². The van der Waals surface area contributed by atoms with Crippen LogP contribution in [0.4, 0.5) is 4.39 Å². The predicted molar refractivity (Wildman–Crippen MR) is 95.5 cm³/mol. The van der Waals surface area contributed by atoms with Gasteiger partial charge in [-0.3, -0.25) is 4.79 Å². The molecule has 0 N–H and O–H groups in total. The van der Waals surface area contributed by atoms with Crippen LogP contribution in [0.15, 0.2) is 24.4 Å². The number of aryl methyl sites for hydroxylation is 2. The molecule has 0 radical (unpaired) electrons. The van der Waals surface area contributed by atoms with Gasteiger partial charge in [0.2, 0.25) is 0 Å². The highest BCUT2D eigenvalue weighted by atomic mass is 19.1. The van der Waals surface area contributed by atoms with E-state index >= 15 is 0 Å². The summed E-state index contributed by atoms with van der Waals surface area (Å²) in [5, 5.41) is 0. The molecule has 0 spiro atoms. The molecule has 2 aromatic rings. The number of carbonyl (C=O) groups is 1. The van der Waals surface area contributed by atoms with Gasteiger partial charge in [-0.25, -0.2) is 14.4 Å². The SMILES string of the molecule is COC(=O)C1(c2cccc(F)c2C)CCc2cnc(C3CC3)nc2CC1. The van der Waals surface area contributed by atoms with Gasteiger partial charge in [0.15, 0.2) is 0 Å². The predicted octanol–water partition coefficient (Wildman–Crippen LogP) is 3.79. The van der Waals surface area contributed by atoms with Crippen molar-refractivity contribution in [3.05, 3.63) is 58.4 Å². The Kier molecular flexibility index (Phi) is 4.25. The van der Waals surface area contributed by atoms with E-state index in [1.165, 1.54) is 13.2 Å². The Bertz CT molecular complexity index is 863. The normalized spacial score (nSPS) is 22.4. The lowest BCUT2D eigenvalue weighted by atomic mass is 9.72. The van der Waals surface area contributed by atoms with E-state index in [1.54, 1.807) is 13.0 Å². The number of ether oxygens (including phenoxy) is 1. The van der Waals surface area contributed by atoms with Crippen LogP contribution in [-0.2, 0) is 27.8 Å². The maximum atomic E-state index is 14.2. The average Bonchev–Trinajstić information content (AvgIpc) is 3.50. The quantitative estimate of drug-likeness (QED) is 0.622. The number of esters is 1. The average molecular weight is 354 g/mol. The molecule has 2 aliphatic rings. The lowest BCUT2D eigenvalue weighted by molar-refractivity contribution is -0.148. The first-order chi connectivity index (χ1) is 12.5. The summed E-state index contributed by atoms with van der Waals surface area (Å²) < 4.78 is 19.4. The Morgan fingerprint density at radius 1 is 1.27 bits per heavy atom. The van der Waals surface area contributed by atoms with Crippen LogP contribution in [0.25, 0.3) is 0 Å².